The molecule has 0 radical (unpaired) electrons. The van der Waals surface area contributed by atoms with E-state index in [-0.39, 0.29) is 5.56 Å². The number of carboxylic acids is 1. The predicted molar refractivity (Wildman–Crippen MR) is 98.2 cm³/mol. The number of nitrogens with zero attached hydrogens (tertiary/aromatic N) is 1. The monoisotopic (exact) mass is 364 g/mol. The molecule has 7 heteroatoms. The molecule has 0 unspecified atom stereocenters. The number of hydrogen-bond donors (Lipinski definition) is 3. The molecular formula is C20H16N2O5. The van der Waals surface area contributed by atoms with Crippen molar-refractivity contribution in [3.63, 3.8) is 0 Å². The van der Waals surface area contributed by atoms with Gasteiger partial charge in [0.05, 0.1) is 11.8 Å². The minimum atomic E-state index is -1.34. The Hall–Kier alpha value is -3.71. The average molecular weight is 364 g/mol. The van der Waals surface area contributed by atoms with Crippen LogP contribution in [0.2, 0.25) is 0 Å². The van der Waals surface area contributed by atoms with E-state index in [4.69, 9.17) is 4.42 Å². The molecule has 0 bridgehead atoms. The Morgan fingerprint density at radius 2 is 1.70 bits per heavy atom. The third-order valence-electron chi connectivity index (χ3n) is 3.78. The molecule has 27 heavy (non-hydrogen) atoms. The Bertz CT molecular complexity index is 979. The van der Waals surface area contributed by atoms with Gasteiger partial charge in [0.25, 0.3) is 5.91 Å². The highest BCUT2D eigenvalue weighted by atomic mass is 16.4. The van der Waals surface area contributed by atoms with Gasteiger partial charge in [0.15, 0.2) is 6.10 Å². The number of carbonyl (C=O) groups is 2. The number of furan rings is 1. The van der Waals surface area contributed by atoms with E-state index in [1.54, 1.807) is 60.7 Å². The average Bonchev–Trinajstić information content (AvgIpc) is 3.16. The van der Waals surface area contributed by atoms with Crippen molar-refractivity contribution in [1.82, 2.24) is 5.43 Å². The van der Waals surface area contributed by atoms with Gasteiger partial charge in [-0.3, -0.25) is 4.79 Å². The van der Waals surface area contributed by atoms with Crippen LogP contribution in [0, 0.1) is 0 Å². The number of rotatable bonds is 6. The van der Waals surface area contributed by atoms with E-state index in [2.05, 4.69) is 10.5 Å². The minimum Gasteiger partial charge on any atom is -0.478 e. The van der Waals surface area contributed by atoms with Crippen LogP contribution < -0.4 is 5.43 Å². The van der Waals surface area contributed by atoms with Crippen LogP contribution in [0.3, 0.4) is 0 Å². The maximum absolute atomic E-state index is 11.9. The van der Waals surface area contributed by atoms with Crippen molar-refractivity contribution >= 4 is 18.1 Å². The lowest BCUT2D eigenvalue weighted by molar-refractivity contribution is -0.129. The normalized spacial score (nSPS) is 12.0. The van der Waals surface area contributed by atoms with Gasteiger partial charge in [-0.2, -0.15) is 5.10 Å². The van der Waals surface area contributed by atoms with E-state index >= 15 is 0 Å². The second-order valence-corrected chi connectivity index (χ2v) is 5.60. The van der Waals surface area contributed by atoms with Crippen LogP contribution in [-0.2, 0) is 4.79 Å². The maximum atomic E-state index is 11.9. The van der Waals surface area contributed by atoms with Crippen molar-refractivity contribution in [2.45, 2.75) is 6.10 Å². The molecule has 1 amide bonds. The highest BCUT2D eigenvalue weighted by Crippen LogP contribution is 2.25. The smallest absolute Gasteiger partial charge is 0.336 e. The zero-order valence-electron chi connectivity index (χ0n) is 14.1. The number of carbonyl (C=O) groups excluding carboxylic acids is 1. The van der Waals surface area contributed by atoms with Gasteiger partial charge in [-0.05, 0) is 23.8 Å². The van der Waals surface area contributed by atoms with Crippen molar-refractivity contribution in [2.75, 3.05) is 0 Å². The fourth-order valence-electron chi connectivity index (χ4n) is 2.46. The summed E-state index contributed by atoms with van der Waals surface area (Å²) < 4.78 is 5.56. The molecular weight excluding hydrogens is 348 g/mol. The molecule has 3 rings (SSSR count). The van der Waals surface area contributed by atoms with Gasteiger partial charge in [-0.15, -0.1) is 0 Å². The maximum Gasteiger partial charge on any atom is 0.336 e. The molecule has 1 heterocycles. The van der Waals surface area contributed by atoms with Crippen LogP contribution in [0.5, 0.6) is 0 Å². The molecule has 0 saturated heterocycles. The molecule has 2 aromatic carbocycles. The number of aromatic carboxylic acids is 1. The summed E-state index contributed by atoms with van der Waals surface area (Å²) in [4.78, 5) is 23.2. The Balaban J connectivity index is 1.68. The van der Waals surface area contributed by atoms with Crippen LogP contribution in [0.4, 0.5) is 0 Å². The number of carboxylic acid groups (broad SMARTS) is 1. The number of nitrogens with one attached hydrogen (secondary N) is 1. The molecule has 1 aromatic heterocycles. The van der Waals surface area contributed by atoms with E-state index in [1.165, 1.54) is 12.3 Å². The van der Waals surface area contributed by atoms with E-state index in [0.717, 1.165) is 0 Å². The van der Waals surface area contributed by atoms with E-state index in [1.807, 2.05) is 0 Å². The number of hydrogen-bond acceptors (Lipinski definition) is 5. The Morgan fingerprint density at radius 1 is 1.00 bits per heavy atom. The van der Waals surface area contributed by atoms with Gasteiger partial charge in [-0.1, -0.05) is 48.5 Å². The van der Waals surface area contributed by atoms with Gasteiger partial charge in [0, 0.05) is 5.56 Å². The SMILES string of the molecule is O=C(O)c1ccccc1-c1ccc(/C=N\NC(=O)[C@@H](O)c2ccccc2)o1. The summed E-state index contributed by atoms with van der Waals surface area (Å²) in [6, 6.07) is 18.2. The first-order valence-electron chi connectivity index (χ1n) is 8.04. The zero-order valence-corrected chi connectivity index (χ0v) is 14.1. The summed E-state index contributed by atoms with van der Waals surface area (Å²) in [6.45, 7) is 0. The lowest BCUT2D eigenvalue weighted by atomic mass is 10.1. The summed E-state index contributed by atoms with van der Waals surface area (Å²) in [7, 11) is 0. The second-order valence-electron chi connectivity index (χ2n) is 5.60. The summed E-state index contributed by atoms with van der Waals surface area (Å²) in [5.74, 6) is -1.05. The molecule has 0 fully saturated rings. The minimum absolute atomic E-state index is 0.120. The summed E-state index contributed by atoms with van der Waals surface area (Å²) in [5, 5.41) is 23.0. The van der Waals surface area contributed by atoms with Gasteiger partial charge in [0.2, 0.25) is 0 Å². The standard InChI is InChI=1S/C20H16N2O5/c23-18(13-6-2-1-3-7-13)19(24)22-21-12-14-10-11-17(27-14)15-8-4-5-9-16(15)20(25)26/h1-12,18,23H,(H,22,24)(H,25,26)/b21-12-/t18-/m0/s1. The largest absolute Gasteiger partial charge is 0.478 e. The summed E-state index contributed by atoms with van der Waals surface area (Å²) in [6.07, 6.45) is -0.0689. The number of aliphatic hydroxyl groups excluding tert-OH is 1. The molecule has 0 aliphatic carbocycles. The third-order valence-corrected chi connectivity index (χ3v) is 3.78. The summed E-state index contributed by atoms with van der Waals surface area (Å²) >= 11 is 0. The van der Waals surface area contributed by atoms with Gasteiger partial charge >= 0.3 is 5.97 Å². The number of benzene rings is 2. The Labute approximate surface area is 154 Å². The van der Waals surface area contributed by atoms with E-state index < -0.39 is 18.0 Å². The molecule has 1 atom stereocenters. The van der Waals surface area contributed by atoms with Crippen molar-refractivity contribution in [3.8, 4) is 11.3 Å². The van der Waals surface area contributed by atoms with Crippen LogP contribution in [-0.4, -0.2) is 28.3 Å². The number of hydrazone groups is 1. The topological polar surface area (TPSA) is 112 Å². The quantitative estimate of drug-likeness (QED) is 0.460. The molecule has 3 N–H and O–H groups in total. The van der Waals surface area contributed by atoms with Crippen LogP contribution in [0.1, 0.15) is 27.8 Å². The molecule has 3 aromatic rings. The molecule has 0 saturated carbocycles. The second kappa shape index (κ2) is 8.11. The molecule has 136 valence electrons. The van der Waals surface area contributed by atoms with E-state index in [9.17, 15) is 19.8 Å². The van der Waals surface area contributed by atoms with Crippen LogP contribution in [0.25, 0.3) is 11.3 Å². The van der Waals surface area contributed by atoms with Gasteiger partial charge in [0.1, 0.15) is 11.5 Å². The lowest BCUT2D eigenvalue weighted by Gasteiger charge is -2.08. The van der Waals surface area contributed by atoms with Crippen LogP contribution in [0.15, 0.2) is 76.2 Å². The van der Waals surface area contributed by atoms with E-state index in [0.29, 0.717) is 22.6 Å². The van der Waals surface area contributed by atoms with Gasteiger partial charge < -0.3 is 14.6 Å². The van der Waals surface area contributed by atoms with Crippen molar-refractivity contribution < 1.29 is 24.2 Å². The van der Waals surface area contributed by atoms with Crippen molar-refractivity contribution in [2.24, 2.45) is 5.10 Å². The third kappa shape index (κ3) is 4.28. The Morgan fingerprint density at radius 3 is 2.44 bits per heavy atom. The van der Waals surface area contributed by atoms with Crippen molar-refractivity contribution in [3.05, 3.63) is 83.6 Å². The summed E-state index contributed by atoms with van der Waals surface area (Å²) in [5.41, 5.74) is 3.25. The van der Waals surface area contributed by atoms with Crippen molar-refractivity contribution in [1.29, 1.82) is 0 Å². The first-order chi connectivity index (χ1) is 13.1. The molecule has 7 nitrogen and oxygen atoms in total. The molecule has 0 aliphatic rings. The highest BCUT2D eigenvalue weighted by molar-refractivity contribution is 5.95. The molecule has 0 aliphatic heterocycles. The van der Waals surface area contributed by atoms with Gasteiger partial charge in [-0.25, -0.2) is 10.2 Å². The Kier molecular flexibility index (Phi) is 5.44. The fourth-order valence-corrected chi connectivity index (χ4v) is 2.46. The predicted octanol–water partition coefficient (Wildman–Crippen LogP) is 2.83. The molecule has 0 spiro atoms. The highest BCUT2D eigenvalue weighted by Gasteiger charge is 2.16. The number of amides is 1. The fraction of sp³-hybridized carbons (Fsp3) is 0.0500. The first kappa shape index (κ1) is 18.1. The van der Waals surface area contributed by atoms with Crippen LogP contribution >= 0.6 is 0 Å². The first-order valence-corrected chi connectivity index (χ1v) is 8.04. The lowest BCUT2D eigenvalue weighted by Crippen LogP contribution is -2.25. The number of aliphatic hydroxyl groups is 1. The zero-order chi connectivity index (χ0) is 19.2.